The molecule has 0 saturated heterocycles. The Morgan fingerprint density at radius 2 is 1.72 bits per heavy atom. The van der Waals surface area contributed by atoms with Gasteiger partial charge in [-0.3, -0.25) is 4.98 Å². The smallest absolute Gasteiger partial charge is 0.407 e. The monoisotopic (exact) mass is 505 g/mol. The second kappa shape index (κ2) is 11.7. The van der Waals surface area contributed by atoms with Crippen molar-refractivity contribution in [3.63, 3.8) is 0 Å². The number of aromatic nitrogens is 1. The van der Waals surface area contributed by atoms with Gasteiger partial charge in [-0.05, 0) is 29.3 Å². The quantitative estimate of drug-likeness (QED) is 0.317. The Morgan fingerprint density at radius 1 is 0.944 bits per heavy atom. The highest BCUT2D eigenvalue weighted by molar-refractivity contribution is 7.89. The van der Waals surface area contributed by atoms with Gasteiger partial charge in [0.2, 0.25) is 10.0 Å². The lowest BCUT2D eigenvalue weighted by atomic mass is 10.0. The van der Waals surface area contributed by atoms with Crippen LogP contribution in [0.3, 0.4) is 0 Å². The fourth-order valence-electron chi connectivity index (χ4n) is 3.90. The number of pyridine rings is 1. The number of ether oxygens (including phenoxy) is 1. The summed E-state index contributed by atoms with van der Waals surface area (Å²) in [4.78, 5) is 17.0. The maximum atomic E-state index is 12.9. The minimum Gasteiger partial charge on any atom is -0.491 e. The molecule has 0 aliphatic rings. The van der Waals surface area contributed by atoms with Gasteiger partial charge in [-0.25, -0.2) is 17.9 Å². The standard InChI is InChI=1S/C27H27N3O5S/c31-27(32)30(16-15-29-36(33,34)26-12-6-10-23-20-28-14-13-24(23)26)17-18-35-25-11-5-4-9-22(25)19-21-7-2-1-3-8-21/h1-14,20,29H,15-19H2,(H,31,32). The van der Waals surface area contributed by atoms with Crippen LogP contribution in [0, 0.1) is 0 Å². The van der Waals surface area contributed by atoms with Crippen LogP contribution in [0.1, 0.15) is 11.1 Å². The van der Waals surface area contributed by atoms with E-state index in [0.717, 1.165) is 16.0 Å². The lowest BCUT2D eigenvalue weighted by Crippen LogP contribution is -2.40. The van der Waals surface area contributed by atoms with Crippen molar-refractivity contribution in [2.24, 2.45) is 0 Å². The highest BCUT2D eigenvalue weighted by Crippen LogP contribution is 2.22. The molecule has 0 saturated carbocycles. The maximum Gasteiger partial charge on any atom is 0.407 e. The normalized spacial score (nSPS) is 11.3. The van der Waals surface area contributed by atoms with E-state index in [1.165, 1.54) is 12.3 Å². The van der Waals surface area contributed by atoms with Crippen LogP contribution >= 0.6 is 0 Å². The zero-order chi connectivity index (χ0) is 25.4. The predicted octanol–water partition coefficient (Wildman–Crippen LogP) is 4.16. The molecule has 0 aliphatic carbocycles. The van der Waals surface area contributed by atoms with Gasteiger partial charge in [-0.15, -0.1) is 0 Å². The molecule has 4 aromatic rings. The number of hydrogen-bond acceptors (Lipinski definition) is 5. The third-order valence-electron chi connectivity index (χ3n) is 5.70. The first-order chi connectivity index (χ1) is 17.4. The summed E-state index contributed by atoms with van der Waals surface area (Å²) in [5.74, 6) is 0.692. The van der Waals surface area contributed by atoms with Crippen molar-refractivity contribution >= 4 is 26.9 Å². The van der Waals surface area contributed by atoms with E-state index in [1.54, 1.807) is 24.4 Å². The number of carboxylic acid groups (broad SMARTS) is 1. The minimum absolute atomic E-state index is 0.0179. The van der Waals surface area contributed by atoms with Gasteiger partial charge < -0.3 is 14.7 Å². The zero-order valence-electron chi connectivity index (χ0n) is 19.6. The second-order valence-corrected chi connectivity index (χ2v) is 9.87. The molecule has 36 heavy (non-hydrogen) atoms. The van der Waals surface area contributed by atoms with Crippen LogP contribution < -0.4 is 9.46 Å². The first-order valence-electron chi connectivity index (χ1n) is 11.5. The molecule has 4 rings (SSSR count). The summed E-state index contributed by atoms with van der Waals surface area (Å²) < 4.78 is 34.1. The van der Waals surface area contributed by atoms with Crippen LogP contribution in [0.2, 0.25) is 0 Å². The molecule has 0 fully saturated rings. The molecule has 0 unspecified atom stereocenters. The Hall–Kier alpha value is -3.95. The number of hydrogen-bond donors (Lipinski definition) is 2. The average molecular weight is 506 g/mol. The molecule has 0 bridgehead atoms. The molecule has 3 aromatic carbocycles. The van der Waals surface area contributed by atoms with Gasteiger partial charge in [0.25, 0.3) is 0 Å². The molecule has 2 N–H and O–H groups in total. The third kappa shape index (κ3) is 6.38. The van der Waals surface area contributed by atoms with Crippen LogP contribution in [-0.2, 0) is 16.4 Å². The van der Waals surface area contributed by atoms with Crippen LogP contribution in [0.15, 0.2) is 96.2 Å². The number of benzene rings is 3. The first kappa shape index (κ1) is 25.2. The average Bonchev–Trinajstić information content (AvgIpc) is 2.89. The minimum atomic E-state index is -3.84. The summed E-state index contributed by atoms with van der Waals surface area (Å²) in [6.07, 6.45) is 2.68. The van der Waals surface area contributed by atoms with Gasteiger partial charge in [0, 0.05) is 42.7 Å². The van der Waals surface area contributed by atoms with E-state index < -0.39 is 16.1 Å². The molecular weight excluding hydrogens is 478 g/mol. The number of carbonyl (C=O) groups is 1. The van der Waals surface area contributed by atoms with E-state index in [4.69, 9.17) is 4.74 Å². The molecule has 0 aliphatic heterocycles. The summed E-state index contributed by atoms with van der Waals surface area (Å²) >= 11 is 0. The topological polar surface area (TPSA) is 109 Å². The molecule has 8 nitrogen and oxygen atoms in total. The van der Waals surface area contributed by atoms with E-state index in [-0.39, 0.29) is 31.1 Å². The Morgan fingerprint density at radius 3 is 2.53 bits per heavy atom. The predicted molar refractivity (Wildman–Crippen MR) is 138 cm³/mol. The van der Waals surface area contributed by atoms with E-state index in [1.807, 2.05) is 54.6 Å². The molecule has 9 heteroatoms. The Kier molecular flexibility index (Phi) is 8.14. The van der Waals surface area contributed by atoms with Crippen molar-refractivity contribution < 1.29 is 23.1 Å². The number of fused-ring (bicyclic) bond motifs is 1. The summed E-state index contributed by atoms with van der Waals surface area (Å²) in [7, 11) is -3.84. The van der Waals surface area contributed by atoms with Crippen molar-refractivity contribution in [2.75, 3.05) is 26.2 Å². The SMILES string of the molecule is O=C(O)N(CCNS(=O)(=O)c1cccc2cnccc12)CCOc1ccccc1Cc1ccccc1. The van der Waals surface area contributed by atoms with Gasteiger partial charge in [-0.2, -0.15) is 0 Å². The molecule has 1 heterocycles. The van der Waals surface area contributed by atoms with Crippen LogP contribution in [0.4, 0.5) is 4.79 Å². The Labute approximate surface area is 210 Å². The molecular formula is C27H27N3O5S. The molecule has 1 aromatic heterocycles. The van der Waals surface area contributed by atoms with Crippen molar-refractivity contribution in [3.05, 3.63) is 102 Å². The van der Waals surface area contributed by atoms with Gasteiger partial charge >= 0.3 is 6.09 Å². The van der Waals surface area contributed by atoms with Crippen LogP contribution in [0.5, 0.6) is 5.75 Å². The second-order valence-electron chi connectivity index (χ2n) is 8.14. The molecule has 0 atom stereocenters. The van der Waals surface area contributed by atoms with E-state index >= 15 is 0 Å². The van der Waals surface area contributed by atoms with E-state index in [2.05, 4.69) is 9.71 Å². The number of amides is 1. The number of rotatable bonds is 11. The zero-order valence-corrected chi connectivity index (χ0v) is 20.4. The third-order valence-corrected chi connectivity index (χ3v) is 7.22. The van der Waals surface area contributed by atoms with E-state index in [0.29, 0.717) is 22.9 Å². The maximum absolute atomic E-state index is 12.9. The van der Waals surface area contributed by atoms with Crippen LogP contribution in [-0.4, -0.2) is 55.7 Å². The van der Waals surface area contributed by atoms with Gasteiger partial charge in [-0.1, -0.05) is 60.7 Å². The number of sulfonamides is 1. The molecule has 0 radical (unpaired) electrons. The molecule has 186 valence electrons. The van der Waals surface area contributed by atoms with Crippen molar-refractivity contribution in [1.82, 2.24) is 14.6 Å². The summed E-state index contributed by atoms with van der Waals surface area (Å²) in [5, 5.41) is 10.9. The van der Waals surface area contributed by atoms with Crippen molar-refractivity contribution in [2.45, 2.75) is 11.3 Å². The van der Waals surface area contributed by atoms with Gasteiger partial charge in [0.1, 0.15) is 12.4 Å². The number of nitrogens with one attached hydrogen (secondary N) is 1. The van der Waals surface area contributed by atoms with Crippen LogP contribution in [0.25, 0.3) is 10.8 Å². The molecule has 0 spiro atoms. The van der Waals surface area contributed by atoms with Crippen molar-refractivity contribution in [3.8, 4) is 5.75 Å². The van der Waals surface area contributed by atoms with Gasteiger partial charge in [0.05, 0.1) is 11.4 Å². The fraction of sp³-hybridized carbons (Fsp3) is 0.185. The highest BCUT2D eigenvalue weighted by atomic mass is 32.2. The van der Waals surface area contributed by atoms with E-state index in [9.17, 15) is 18.3 Å². The summed E-state index contributed by atoms with van der Waals surface area (Å²) in [6, 6.07) is 24.2. The van der Waals surface area contributed by atoms with Gasteiger partial charge in [0.15, 0.2) is 0 Å². The Bertz CT molecular complexity index is 1420. The fourth-order valence-corrected chi connectivity index (χ4v) is 5.14. The summed E-state index contributed by atoms with van der Waals surface area (Å²) in [6.45, 7) is 0.147. The number of nitrogens with zero attached hydrogens (tertiary/aromatic N) is 2. The van der Waals surface area contributed by atoms with Crippen molar-refractivity contribution in [1.29, 1.82) is 0 Å². The number of para-hydroxylation sites is 1. The Balaban J connectivity index is 1.33. The largest absolute Gasteiger partial charge is 0.491 e. The lowest BCUT2D eigenvalue weighted by molar-refractivity contribution is 0.136. The molecule has 1 amide bonds. The first-order valence-corrected chi connectivity index (χ1v) is 13.0. The highest BCUT2D eigenvalue weighted by Gasteiger charge is 2.19. The lowest BCUT2D eigenvalue weighted by Gasteiger charge is -2.20. The summed E-state index contributed by atoms with van der Waals surface area (Å²) in [5.41, 5.74) is 2.15.